The Labute approximate surface area is 72.6 Å². The number of rotatable bonds is 0. The van der Waals surface area contributed by atoms with Crippen LogP contribution in [0.5, 0.6) is 0 Å². The Kier molecular flexibility index (Phi) is 1.44. The third-order valence-corrected chi connectivity index (χ3v) is 2.67. The van der Waals surface area contributed by atoms with E-state index in [4.69, 9.17) is 11.5 Å². The fourth-order valence-electron chi connectivity index (χ4n) is 1.15. The van der Waals surface area contributed by atoms with E-state index in [-0.39, 0.29) is 5.00 Å². The molecule has 0 atom stereocenters. The van der Waals surface area contributed by atoms with Crippen LogP contribution in [-0.4, -0.2) is 0 Å². The molecule has 1 heterocycles. The lowest BCUT2D eigenvalue weighted by molar-refractivity contribution is 0.648. The van der Waals surface area contributed by atoms with E-state index in [0.29, 0.717) is 11.1 Å². The molecule has 2 nitrogen and oxygen atoms in total. The molecule has 0 radical (unpaired) electrons. The first-order chi connectivity index (χ1) is 5.70. The molecule has 0 fully saturated rings. The molecule has 0 unspecified atom stereocenters. The second kappa shape index (κ2) is 2.35. The Morgan fingerprint density at radius 3 is 2.67 bits per heavy atom. The summed E-state index contributed by atoms with van der Waals surface area (Å²) in [5.74, 6) is -0.395. The number of benzene rings is 1. The molecule has 62 valence electrons. The van der Waals surface area contributed by atoms with Gasteiger partial charge in [0.05, 0.1) is 5.39 Å². The summed E-state index contributed by atoms with van der Waals surface area (Å²) in [6.45, 7) is 0. The van der Waals surface area contributed by atoms with Crippen molar-refractivity contribution < 1.29 is 4.39 Å². The molecule has 1 aromatic heterocycles. The zero-order valence-electron chi connectivity index (χ0n) is 6.17. The lowest BCUT2D eigenvalue weighted by Crippen LogP contribution is -1.87. The quantitative estimate of drug-likeness (QED) is 0.614. The monoisotopic (exact) mass is 182 g/mol. The van der Waals surface area contributed by atoms with Crippen molar-refractivity contribution in [3.05, 3.63) is 24.0 Å². The molecular formula is C8H7FN2S. The third kappa shape index (κ3) is 0.848. The van der Waals surface area contributed by atoms with Crippen molar-refractivity contribution in [3.8, 4) is 0 Å². The summed E-state index contributed by atoms with van der Waals surface area (Å²) in [4.78, 5) is 0. The van der Waals surface area contributed by atoms with Gasteiger partial charge in [-0.3, -0.25) is 0 Å². The Balaban J connectivity index is 2.97. The fourth-order valence-corrected chi connectivity index (χ4v) is 2.04. The molecule has 2 rings (SSSR count). The van der Waals surface area contributed by atoms with Gasteiger partial charge in [0.2, 0.25) is 0 Å². The second-order valence-corrected chi connectivity index (χ2v) is 3.58. The minimum Gasteiger partial charge on any atom is -0.398 e. The van der Waals surface area contributed by atoms with E-state index in [2.05, 4.69) is 0 Å². The summed E-state index contributed by atoms with van der Waals surface area (Å²) in [5, 5.41) is 0.642. The predicted octanol–water partition coefficient (Wildman–Crippen LogP) is 2.20. The highest BCUT2D eigenvalue weighted by molar-refractivity contribution is 7.22. The van der Waals surface area contributed by atoms with E-state index in [0.717, 1.165) is 4.70 Å². The molecule has 0 saturated heterocycles. The van der Waals surface area contributed by atoms with Crippen LogP contribution in [0, 0.1) is 5.82 Å². The first kappa shape index (κ1) is 7.36. The van der Waals surface area contributed by atoms with Crippen LogP contribution in [0.3, 0.4) is 0 Å². The van der Waals surface area contributed by atoms with Crippen LogP contribution in [0.4, 0.5) is 15.1 Å². The molecule has 0 saturated carbocycles. The van der Waals surface area contributed by atoms with Crippen molar-refractivity contribution in [2.45, 2.75) is 0 Å². The van der Waals surface area contributed by atoms with E-state index in [1.807, 2.05) is 0 Å². The lowest BCUT2D eigenvalue weighted by atomic mass is 10.2. The molecule has 0 spiro atoms. The van der Waals surface area contributed by atoms with Gasteiger partial charge < -0.3 is 11.5 Å². The van der Waals surface area contributed by atoms with E-state index < -0.39 is 5.82 Å². The summed E-state index contributed by atoms with van der Waals surface area (Å²) >= 11 is 1.22. The SMILES string of the molecule is Nc1sc2cccc(N)c2c1F. The number of halogens is 1. The van der Waals surface area contributed by atoms with E-state index in [1.165, 1.54) is 11.3 Å². The number of fused-ring (bicyclic) bond motifs is 1. The standard InChI is InChI=1S/C8H7FN2S/c9-7-6-4(10)2-1-3-5(6)12-8(7)11/h1-3H,10-11H2. The molecule has 4 heteroatoms. The summed E-state index contributed by atoms with van der Waals surface area (Å²) in [5.41, 5.74) is 11.4. The molecule has 0 aliphatic heterocycles. The van der Waals surface area contributed by atoms with Gasteiger partial charge in [-0.15, -0.1) is 11.3 Å². The lowest BCUT2D eigenvalue weighted by Gasteiger charge is -1.93. The number of hydrogen-bond donors (Lipinski definition) is 2. The van der Waals surface area contributed by atoms with Gasteiger partial charge in [0.15, 0.2) is 5.82 Å². The highest BCUT2D eigenvalue weighted by Crippen LogP contribution is 2.34. The Morgan fingerprint density at radius 2 is 2.00 bits per heavy atom. The molecule has 12 heavy (non-hydrogen) atoms. The van der Waals surface area contributed by atoms with Crippen LogP contribution in [0.2, 0.25) is 0 Å². The minimum absolute atomic E-state index is 0.197. The first-order valence-corrected chi connectivity index (χ1v) is 4.24. The minimum atomic E-state index is -0.395. The molecule has 4 N–H and O–H groups in total. The maximum atomic E-state index is 13.2. The van der Waals surface area contributed by atoms with Gasteiger partial charge >= 0.3 is 0 Å². The average molecular weight is 182 g/mol. The largest absolute Gasteiger partial charge is 0.398 e. The first-order valence-electron chi connectivity index (χ1n) is 3.42. The smallest absolute Gasteiger partial charge is 0.167 e. The number of anilines is 2. The molecule has 2 aromatic rings. The predicted molar refractivity (Wildman–Crippen MR) is 50.6 cm³/mol. The van der Waals surface area contributed by atoms with Gasteiger partial charge in [0.25, 0.3) is 0 Å². The molecule has 0 aliphatic carbocycles. The van der Waals surface area contributed by atoms with Crippen molar-refractivity contribution in [1.82, 2.24) is 0 Å². The van der Waals surface area contributed by atoms with E-state index in [9.17, 15) is 4.39 Å². The number of thiophene rings is 1. The van der Waals surface area contributed by atoms with Crippen LogP contribution in [-0.2, 0) is 0 Å². The summed E-state index contributed by atoms with van der Waals surface area (Å²) < 4.78 is 14.0. The van der Waals surface area contributed by atoms with Crippen LogP contribution in [0.15, 0.2) is 18.2 Å². The normalized spacial score (nSPS) is 10.8. The maximum Gasteiger partial charge on any atom is 0.167 e. The Hall–Kier alpha value is -1.29. The average Bonchev–Trinajstić information content (AvgIpc) is 2.29. The summed E-state index contributed by atoms with van der Waals surface area (Å²) in [6.07, 6.45) is 0. The van der Waals surface area contributed by atoms with Gasteiger partial charge in [-0.2, -0.15) is 0 Å². The van der Waals surface area contributed by atoms with E-state index in [1.54, 1.807) is 18.2 Å². The number of nitrogens with two attached hydrogens (primary N) is 2. The Bertz CT molecular complexity index is 436. The van der Waals surface area contributed by atoms with Gasteiger partial charge in [0.1, 0.15) is 5.00 Å². The van der Waals surface area contributed by atoms with Crippen molar-refractivity contribution in [3.63, 3.8) is 0 Å². The van der Waals surface area contributed by atoms with Crippen molar-refractivity contribution >= 4 is 32.1 Å². The van der Waals surface area contributed by atoms with Crippen LogP contribution < -0.4 is 11.5 Å². The summed E-state index contributed by atoms with van der Waals surface area (Å²) in [6, 6.07) is 5.25. The van der Waals surface area contributed by atoms with Crippen LogP contribution >= 0.6 is 11.3 Å². The van der Waals surface area contributed by atoms with Gasteiger partial charge in [-0.1, -0.05) is 6.07 Å². The highest BCUT2D eigenvalue weighted by atomic mass is 32.1. The molecule has 0 amide bonds. The number of hydrogen-bond acceptors (Lipinski definition) is 3. The fraction of sp³-hybridized carbons (Fsp3) is 0. The van der Waals surface area contributed by atoms with Gasteiger partial charge in [0, 0.05) is 10.4 Å². The van der Waals surface area contributed by atoms with Crippen molar-refractivity contribution in [2.24, 2.45) is 0 Å². The summed E-state index contributed by atoms with van der Waals surface area (Å²) in [7, 11) is 0. The van der Waals surface area contributed by atoms with Crippen molar-refractivity contribution in [2.75, 3.05) is 11.5 Å². The van der Waals surface area contributed by atoms with E-state index >= 15 is 0 Å². The second-order valence-electron chi connectivity index (χ2n) is 2.50. The molecule has 1 aromatic carbocycles. The topological polar surface area (TPSA) is 52.0 Å². The maximum absolute atomic E-state index is 13.2. The zero-order chi connectivity index (χ0) is 8.72. The Morgan fingerprint density at radius 1 is 1.25 bits per heavy atom. The molecule has 0 bridgehead atoms. The molecular weight excluding hydrogens is 175 g/mol. The number of nitrogen functional groups attached to an aromatic ring is 2. The van der Waals surface area contributed by atoms with Crippen molar-refractivity contribution in [1.29, 1.82) is 0 Å². The highest BCUT2D eigenvalue weighted by Gasteiger charge is 2.10. The van der Waals surface area contributed by atoms with Crippen LogP contribution in [0.1, 0.15) is 0 Å². The van der Waals surface area contributed by atoms with Crippen LogP contribution in [0.25, 0.3) is 10.1 Å². The zero-order valence-corrected chi connectivity index (χ0v) is 6.99. The third-order valence-electron chi connectivity index (χ3n) is 1.71. The van der Waals surface area contributed by atoms with Gasteiger partial charge in [-0.25, -0.2) is 4.39 Å². The van der Waals surface area contributed by atoms with Gasteiger partial charge in [-0.05, 0) is 12.1 Å². The molecule has 0 aliphatic rings.